The summed E-state index contributed by atoms with van der Waals surface area (Å²) in [6.07, 6.45) is -0.467. The van der Waals surface area contributed by atoms with Crippen molar-refractivity contribution in [2.24, 2.45) is 0 Å². The van der Waals surface area contributed by atoms with E-state index in [1.54, 1.807) is 0 Å². The highest BCUT2D eigenvalue weighted by atomic mass is 16.4. The van der Waals surface area contributed by atoms with Crippen molar-refractivity contribution in [2.75, 3.05) is 39.4 Å². The summed E-state index contributed by atoms with van der Waals surface area (Å²) in [5, 5.41) is 99.8. The van der Waals surface area contributed by atoms with E-state index in [1.807, 2.05) is 0 Å². The van der Waals surface area contributed by atoms with E-state index in [9.17, 15) is 50.4 Å². The van der Waals surface area contributed by atoms with Gasteiger partial charge in [0.1, 0.15) is 36.6 Å². The molecule has 0 radical (unpaired) electrons. The number of hydrogen-bond donors (Lipinski definition) is 10. The maximum absolute atomic E-state index is 13.4. The third-order valence-corrected chi connectivity index (χ3v) is 8.84. The van der Waals surface area contributed by atoms with Crippen LogP contribution in [0.15, 0.2) is 0 Å². The standard InChI is InChI=1S/C34H68N2O12/c1-3-5-7-9-11-13-15-17-19-35(33(47)31(45)29(43)27(41)25(39)23-37)21-22-36(20-18-16-14-12-10-8-6-4-2)34(48)32(46)30(44)28(42)26(40)24-38/h25-32,37-46H,3-24H2,1-2H3/t25-,26-,27-,28-,29+,30+,31-,32-/m1/s1. The summed E-state index contributed by atoms with van der Waals surface area (Å²) in [6.45, 7) is 2.45. The Kier molecular flexibility index (Phi) is 27.4. The van der Waals surface area contributed by atoms with Gasteiger partial charge in [0.05, 0.1) is 13.2 Å². The first-order chi connectivity index (χ1) is 22.9. The zero-order valence-electron chi connectivity index (χ0n) is 29.4. The van der Waals surface area contributed by atoms with Crippen LogP contribution in [-0.2, 0) is 9.59 Å². The predicted octanol–water partition coefficient (Wildman–Crippen LogP) is -0.203. The normalized spacial score (nSPS) is 16.8. The molecule has 0 saturated carbocycles. The van der Waals surface area contributed by atoms with Gasteiger partial charge < -0.3 is 60.9 Å². The number of amides is 2. The minimum atomic E-state index is -2.14. The van der Waals surface area contributed by atoms with Crippen LogP contribution in [0, 0.1) is 0 Å². The fourth-order valence-corrected chi connectivity index (χ4v) is 5.49. The van der Waals surface area contributed by atoms with E-state index in [0.29, 0.717) is 12.8 Å². The molecule has 0 saturated heterocycles. The van der Waals surface area contributed by atoms with E-state index in [4.69, 9.17) is 10.2 Å². The molecule has 0 aromatic carbocycles. The molecular formula is C34H68N2O12. The second-order valence-corrected chi connectivity index (χ2v) is 13.0. The van der Waals surface area contributed by atoms with Gasteiger partial charge in [0.15, 0.2) is 12.2 Å². The predicted molar refractivity (Wildman–Crippen MR) is 181 cm³/mol. The summed E-state index contributed by atoms with van der Waals surface area (Å²) >= 11 is 0. The van der Waals surface area contributed by atoms with Gasteiger partial charge in [-0.25, -0.2) is 0 Å². The SMILES string of the molecule is CCCCCCCCCCN(CCN(CCCCCCCCCC)C(=O)[C@H](O)[C@@H](O)[C@H](O)[C@H](O)CO)C(=O)[C@H](O)[C@@H](O)[C@H](O)[C@H](O)CO. The van der Waals surface area contributed by atoms with Crippen molar-refractivity contribution in [3.63, 3.8) is 0 Å². The number of aliphatic hydroxyl groups is 10. The van der Waals surface area contributed by atoms with Crippen LogP contribution in [0.5, 0.6) is 0 Å². The molecule has 0 aliphatic rings. The second kappa shape index (κ2) is 28.3. The molecule has 14 heteroatoms. The largest absolute Gasteiger partial charge is 0.394 e. The van der Waals surface area contributed by atoms with Crippen molar-refractivity contribution in [1.82, 2.24) is 9.80 Å². The molecule has 0 aromatic rings. The Bertz CT molecular complexity index is 746. The van der Waals surface area contributed by atoms with Gasteiger partial charge in [-0.15, -0.1) is 0 Å². The summed E-state index contributed by atoms with van der Waals surface area (Å²) in [5.41, 5.74) is 0. The molecule has 0 fully saturated rings. The van der Waals surface area contributed by atoms with Crippen molar-refractivity contribution >= 4 is 11.8 Å². The molecule has 286 valence electrons. The Morgan fingerprint density at radius 1 is 0.417 bits per heavy atom. The first-order valence-electron chi connectivity index (χ1n) is 18.1. The molecule has 2 amide bonds. The molecule has 0 unspecified atom stereocenters. The number of unbranched alkanes of at least 4 members (excludes halogenated alkanes) is 14. The van der Waals surface area contributed by atoms with Crippen LogP contribution in [-0.4, -0.2) is 161 Å². The van der Waals surface area contributed by atoms with Gasteiger partial charge >= 0.3 is 0 Å². The molecule has 0 heterocycles. The lowest BCUT2D eigenvalue weighted by Gasteiger charge is -2.33. The fourth-order valence-electron chi connectivity index (χ4n) is 5.49. The minimum Gasteiger partial charge on any atom is -0.394 e. The Morgan fingerprint density at radius 2 is 0.688 bits per heavy atom. The molecular weight excluding hydrogens is 628 g/mol. The zero-order chi connectivity index (χ0) is 36.5. The third-order valence-electron chi connectivity index (χ3n) is 8.84. The number of carbonyl (C=O) groups excluding carboxylic acids is 2. The Hall–Kier alpha value is -1.46. The lowest BCUT2D eigenvalue weighted by atomic mass is 10.0. The van der Waals surface area contributed by atoms with Gasteiger partial charge in [0.2, 0.25) is 0 Å². The van der Waals surface area contributed by atoms with Crippen LogP contribution < -0.4 is 0 Å². The van der Waals surface area contributed by atoms with E-state index >= 15 is 0 Å². The van der Waals surface area contributed by atoms with Crippen LogP contribution in [0.3, 0.4) is 0 Å². The number of hydrogen-bond acceptors (Lipinski definition) is 12. The molecule has 0 bridgehead atoms. The van der Waals surface area contributed by atoms with Crippen LogP contribution in [0.1, 0.15) is 117 Å². The number of rotatable bonds is 31. The Labute approximate surface area is 287 Å². The van der Waals surface area contributed by atoms with E-state index in [-0.39, 0.29) is 26.2 Å². The average molecular weight is 697 g/mol. The van der Waals surface area contributed by atoms with Crippen molar-refractivity contribution in [2.45, 2.75) is 165 Å². The average Bonchev–Trinajstić information content (AvgIpc) is 3.10. The quantitative estimate of drug-likeness (QED) is 0.0424. The first-order valence-corrected chi connectivity index (χ1v) is 18.1. The van der Waals surface area contributed by atoms with Crippen LogP contribution in [0.2, 0.25) is 0 Å². The summed E-state index contributed by atoms with van der Waals surface area (Å²) in [4.78, 5) is 29.2. The van der Waals surface area contributed by atoms with Crippen LogP contribution in [0.25, 0.3) is 0 Å². The van der Waals surface area contributed by atoms with Gasteiger partial charge in [-0.2, -0.15) is 0 Å². The lowest BCUT2D eigenvalue weighted by Crippen LogP contribution is -2.55. The zero-order valence-corrected chi connectivity index (χ0v) is 29.4. The maximum Gasteiger partial charge on any atom is 0.254 e. The third kappa shape index (κ3) is 18.5. The highest BCUT2D eigenvalue weighted by Crippen LogP contribution is 2.15. The smallest absolute Gasteiger partial charge is 0.254 e. The highest BCUT2D eigenvalue weighted by molar-refractivity contribution is 5.82. The molecule has 14 nitrogen and oxygen atoms in total. The maximum atomic E-state index is 13.4. The molecule has 0 aliphatic carbocycles. The van der Waals surface area contributed by atoms with E-state index in [0.717, 1.165) is 77.0 Å². The minimum absolute atomic E-state index is 0.141. The van der Waals surface area contributed by atoms with Gasteiger partial charge in [-0.05, 0) is 12.8 Å². The van der Waals surface area contributed by atoms with Crippen molar-refractivity contribution in [3.05, 3.63) is 0 Å². The topological polar surface area (TPSA) is 243 Å². The monoisotopic (exact) mass is 696 g/mol. The lowest BCUT2D eigenvalue weighted by molar-refractivity contribution is -0.162. The van der Waals surface area contributed by atoms with E-state index < -0.39 is 73.9 Å². The molecule has 8 atom stereocenters. The van der Waals surface area contributed by atoms with E-state index in [2.05, 4.69) is 13.8 Å². The molecule has 48 heavy (non-hydrogen) atoms. The Morgan fingerprint density at radius 3 is 0.958 bits per heavy atom. The van der Waals surface area contributed by atoms with Gasteiger partial charge in [-0.1, -0.05) is 104 Å². The summed E-state index contributed by atoms with van der Waals surface area (Å²) < 4.78 is 0. The first kappa shape index (κ1) is 46.5. The number of nitrogens with zero attached hydrogens (tertiary/aromatic N) is 2. The van der Waals surface area contributed by atoms with Crippen molar-refractivity contribution < 1.29 is 60.7 Å². The highest BCUT2D eigenvalue weighted by Gasteiger charge is 2.38. The van der Waals surface area contributed by atoms with Crippen molar-refractivity contribution in [1.29, 1.82) is 0 Å². The molecule has 0 spiro atoms. The molecule has 0 aromatic heterocycles. The van der Waals surface area contributed by atoms with Crippen LogP contribution >= 0.6 is 0 Å². The summed E-state index contributed by atoms with van der Waals surface area (Å²) in [6, 6.07) is 0. The van der Waals surface area contributed by atoms with Gasteiger partial charge in [0, 0.05) is 26.2 Å². The van der Waals surface area contributed by atoms with Gasteiger partial charge in [-0.3, -0.25) is 9.59 Å². The van der Waals surface area contributed by atoms with E-state index in [1.165, 1.54) is 22.6 Å². The fraction of sp³-hybridized carbons (Fsp3) is 0.941. The summed E-state index contributed by atoms with van der Waals surface area (Å²) in [5.74, 6) is -1.92. The Balaban J connectivity index is 5.76. The van der Waals surface area contributed by atoms with Gasteiger partial charge in [0.25, 0.3) is 11.8 Å². The number of carbonyl (C=O) groups is 2. The molecule has 0 aliphatic heterocycles. The van der Waals surface area contributed by atoms with Crippen LogP contribution in [0.4, 0.5) is 0 Å². The summed E-state index contributed by atoms with van der Waals surface area (Å²) in [7, 11) is 0. The van der Waals surface area contributed by atoms with Crippen molar-refractivity contribution in [3.8, 4) is 0 Å². The number of aliphatic hydroxyl groups excluding tert-OH is 10. The second-order valence-electron chi connectivity index (χ2n) is 13.0. The molecule has 10 N–H and O–H groups in total. The molecule has 0 rings (SSSR count).